The smallest absolute Gasteiger partial charge is 0.200 e. The molecule has 0 radical (unpaired) electrons. The van der Waals surface area contributed by atoms with Crippen molar-refractivity contribution in [2.75, 3.05) is 0 Å². The van der Waals surface area contributed by atoms with Gasteiger partial charge in [-0.3, -0.25) is 4.57 Å². The van der Waals surface area contributed by atoms with Crippen LogP contribution >= 0.6 is 11.8 Å². The lowest BCUT2D eigenvalue weighted by molar-refractivity contribution is 0.607. The van der Waals surface area contributed by atoms with Gasteiger partial charge in [0.25, 0.3) is 0 Å². The summed E-state index contributed by atoms with van der Waals surface area (Å²) in [5, 5.41) is 10.8. The Labute approximate surface area is 150 Å². The van der Waals surface area contributed by atoms with Gasteiger partial charge in [0.1, 0.15) is 5.58 Å². The summed E-state index contributed by atoms with van der Waals surface area (Å²) in [5.41, 5.74) is 3.43. The Hall–Kier alpha value is -2.53. The Morgan fingerprint density at radius 2 is 1.84 bits per heavy atom. The normalized spacial score (nSPS) is 11.3. The monoisotopic (exact) mass is 349 g/mol. The van der Waals surface area contributed by atoms with Crippen LogP contribution in [0.1, 0.15) is 18.1 Å². The zero-order chi connectivity index (χ0) is 17.2. The molecular formula is C20H19N3OS. The highest BCUT2D eigenvalue weighted by atomic mass is 32.2. The lowest BCUT2D eigenvalue weighted by Gasteiger charge is -2.06. The first-order valence-electron chi connectivity index (χ1n) is 8.35. The molecule has 2 aromatic carbocycles. The first-order valence-corrected chi connectivity index (χ1v) is 9.33. The van der Waals surface area contributed by atoms with Crippen molar-refractivity contribution in [3.05, 3.63) is 65.7 Å². The van der Waals surface area contributed by atoms with Crippen LogP contribution in [-0.2, 0) is 12.3 Å². The van der Waals surface area contributed by atoms with Gasteiger partial charge in [0.2, 0.25) is 5.82 Å². The van der Waals surface area contributed by atoms with Crippen LogP contribution in [0.25, 0.3) is 22.6 Å². The third-order valence-electron chi connectivity index (χ3n) is 4.17. The van der Waals surface area contributed by atoms with Gasteiger partial charge >= 0.3 is 0 Å². The van der Waals surface area contributed by atoms with Gasteiger partial charge in [0, 0.05) is 17.7 Å². The molecule has 0 N–H and O–H groups in total. The first kappa shape index (κ1) is 16.0. The molecule has 0 aliphatic heterocycles. The Morgan fingerprint density at radius 3 is 2.60 bits per heavy atom. The average Bonchev–Trinajstić information content (AvgIpc) is 3.24. The molecule has 0 aliphatic rings. The molecule has 0 bridgehead atoms. The Balaban J connectivity index is 1.61. The minimum atomic E-state index is 0.762. The second-order valence-electron chi connectivity index (χ2n) is 5.97. The van der Waals surface area contributed by atoms with Crippen molar-refractivity contribution in [3.8, 4) is 11.6 Å². The van der Waals surface area contributed by atoms with Crippen LogP contribution in [0.4, 0.5) is 0 Å². The Morgan fingerprint density at radius 1 is 1.04 bits per heavy atom. The van der Waals surface area contributed by atoms with Gasteiger partial charge in [0.05, 0.1) is 0 Å². The highest BCUT2D eigenvalue weighted by molar-refractivity contribution is 7.98. The number of aryl methyl sites for hydroxylation is 1. The summed E-state index contributed by atoms with van der Waals surface area (Å²) in [6.45, 7) is 5.01. The maximum absolute atomic E-state index is 5.95. The molecule has 4 nitrogen and oxygen atoms in total. The zero-order valence-electron chi connectivity index (χ0n) is 14.3. The van der Waals surface area contributed by atoms with Crippen LogP contribution in [0, 0.1) is 6.92 Å². The summed E-state index contributed by atoms with van der Waals surface area (Å²) in [6, 6.07) is 18.6. The number of hydrogen-bond acceptors (Lipinski definition) is 4. The summed E-state index contributed by atoms with van der Waals surface area (Å²) >= 11 is 1.70. The number of rotatable bonds is 5. The third kappa shape index (κ3) is 3.20. The molecule has 0 saturated carbocycles. The molecule has 25 heavy (non-hydrogen) atoms. The standard InChI is InChI=1S/C20H19N3OS/c1-3-23-19(18-12-16-6-4-5-7-17(16)24-18)21-22-20(23)25-13-15-10-8-14(2)9-11-15/h4-12H,3,13H2,1-2H3. The van der Waals surface area contributed by atoms with Gasteiger partial charge in [-0.25, -0.2) is 0 Å². The van der Waals surface area contributed by atoms with E-state index < -0.39 is 0 Å². The quantitative estimate of drug-likeness (QED) is 0.458. The van der Waals surface area contributed by atoms with Crippen LogP contribution in [0.2, 0.25) is 0 Å². The fourth-order valence-electron chi connectivity index (χ4n) is 2.79. The number of thioether (sulfide) groups is 1. The fourth-order valence-corrected chi connectivity index (χ4v) is 3.75. The van der Waals surface area contributed by atoms with Crippen molar-refractivity contribution in [1.82, 2.24) is 14.8 Å². The maximum atomic E-state index is 5.95. The highest BCUT2D eigenvalue weighted by Crippen LogP contribution is 2.30. The predicted octanol–water partition coefficient (Wildman–Crippen LogP) is 5.31. The number of benzene rings is 2. The molecule has 0 fully saturated rings. The van der Waals surface area contributed by atoms with E-state index in [2.05, 4.69) is 52.9 Å². The molecule has 126 valence electrons. The minimum Gasteiger partial charge on any atom is -0.453 e. The largest absolute Gasteiger partial charge is 0.453 e. The molecular weight excluding hydrogens is 330 g/mol. The van der Waals surface area contributed by atoms with E-state index in [4.69, 9.17) is 4.42 Å². The van der Waals surface area contributed by atoms with Gasteiger partial charge < -0.3 is 4.42 Å². The van der Waals surface area contributed by atoms with Gasteiger partial charge in [-0.2, -0.15) is 0 Å². The lowest BCUT2D eigenvalue weighted by Crippen LogP contribution is -1.99. The van der Waals surface area contributed by atoms with E-state index in [0.717, 1.165) is 40.0 Å². The summed E-state index contributed by atoms with van der Waals surface area (Å²) in [4.78, 5) is 0. The van der Waals surface area contributed by atoms with Crippen molar-refractivity contribution in [2.24, 2.45) is 0 Å². The molecule has 0 atom stereocenters. The molecule has 2 aromatic heterocycles. The van der Waals surface area contributed by atoms with Gasteiger partial charge in [-0.1, -0.05) is 59.8 Å². The minimum absolute atomic E-state index is 0.762. The molecule has 0 amide bonds. The van der Waals surface area contributed by atoms with Gasteiger partial charge in [0.15, 0.2) is 10.9 Å². The second-order valence-corrected chi connectivity index (χ2v) is 6.92. The van der Waals surface area contributed by atoms with Gasteiger partial charge in [-0.15, -0.1) is 10.2 Å². The van der Waals surface area contributed by atoms with Gasteiger partial charge in [-0.05, 0) is 31.5 Å². The van der Waals surface area contributed by atoms with Crippen molar-refractivity contribution in [1.29, 1.82) is 0 Å². The van der Waals surface area contributed by atoms with E-state index >= 15 is 0 Å². The van der Waals surface area contributed by atoms with E-state index in [1.807, 2.05) is 30.3 Å². The topological polar surface area (TPSA) is 43.9 Å². The fraction of sp³-hybridized carbons (Fsp3) is 0.200. The maximum Gasteiger partial charge on any atom is 0.200 e. The van der Waals surface area contributed by atoms with E-state index in [9.17, 15) is 0 Å². The number of furan rings is 1. The Kier molecular flexibility index (Phi) is 4.32. The number of hydrogen-bond donors (Lipinski definition) is 0. The highest BCUT2D eigenvalue weighted by Gasteiger charge is 2.16. The van der Waals surface area contributed by atoms with E-state index in [1.165, 1.54) is 11.1 Å². The van der Waals surface area contributed by atoms with Crippen molar-refractivity contribution >= 4 is 22.7 Å². The first-order chi connectivity index (χ1) is 12.2. The predicted molar refractivity (Wildman–Crippen MR) is 102 cm³/mol. The van der Waals surface area contributed by atoms with Crippen molar-refractivity contribution in [2.45, 2.75) is 31.3 Å². The molecule has 5 heteroatoms. The van der Waals surface area contributed by atoms with Crippen LogP contribution < -0.4 is 0 Å². The molecule has 0 saturated heterocycles. The zero-order valence-corrected chi connectivity index (χ0v) is 15.1. The van der Waals surface area contributed by atoms with Crippen LogP contribution in [0.15, 0.2) is 64.2 Å². The van der Waals surface area contributed by atoms with Crippen LogP contribution in [0.5, 0.6) is 0 Å². The third-order valence-corrected chi connectivity index (χ3v) is 5.21. The van der Waals surface area contributed by atoms with Crippen LogP contribution in [0.3, 0.4) is 0 Å². The van der Waals surface area contributed by atoms with Crippen molar-refractivity contribution < 1.29 is 4.42 Å². The number of para-hydroxylation sites is 1. The molecule has 0 spiro atoms. The molecule has 4 rings (SSSR count). The second kappa shape index (κ2) is 6.76. The summed E-state index contributed by atoms with van der Waals surface area (Å²) in [7, 11) is 0. The van der Waals surface area contributed by atoms with Crippen LogP contribution in [-0.4, -0.2) is 14.8 Å². The van der Waals surface area contributed by atoms with E-state index in [1.54, 1.807) is 11.8 Å². The summed E-state index contributed by atoms with van der Waals surface area (Å²) < 4.78 is 8.06. The summed E-state index contributed by atoms with van der Waals surface area (Å²) in [5.74, 6) is 2.42. The molecule has 0 aliphatic carbocycles. The van der Waals surface area contributed by atoms with Crippen molar-refractivity contribution in [3.63, 3.8) is 0 Å². The SMILES string of the molecule is CCn1c(SCc2ccc(C)cc2)nnc1-c1cc2ccccc2o1. The molecule has 4 aromatic rings. The number of nitrogens with zero attached hydrogens (tertiary/aromatic N) is 3. The lowest BCUT2D eigenvalue weighted by atomic mass is 10.2. The average molecular weight is 349 g/mol. The summed E-state index contributed by atoms with van der Waals surface area (Å²) in [6.07, 6.45) is 0. The molecule has 0 unspecified atom stereocenters. The number of aromatic nitrogens is 3. The van der Waals surface area contributed by atoms with E-state index in [-0.39, 0.29) is 0 Å². The Bertz CT molecular complexity index is 968. The van der Waals surface area contributed by atoms with E-state index in [0.29, 0.717) is 0 Å². The number of fused-ring (bicyclic) bond motifs is 1. The molecule has 2 heterocycles.